The average molecular weight is 429 g/mol. The molecule has 32 heavy (non-hydrogen) atoms. The van der Waals surface area contributed by atoms with Crippen molar-refractivity contribution >= 4 is 23.1 Å². The van der Waals surface area contributed by atoms with Crippen molar-refractivity contribution in [3.8, 4) is 6.07 Å². The molecule has 1 aliphatic rings. The lowest BCUT2D eigenvalue weighted by molar-refractivity contribution is -0.126. The minimum Gasteiger partial charge on any atom is -0.354 e. The summed E-state index contributed by atoms with van der Waals surface area (Å²) in [6.07, 6.45) is 5.78. The largest absolute Gasteiger partial charge is 0.354 e. The maximum atomic E-state index is 13.5. The van der Waals surface area contributed by atoms with E-state index in [0.717, 1.165) is 5.56 Å². The fraction of sp³-hybridized carbons (Fsp3) is 0.208. The minimum absolute atomic E-state index is 0.136. The van der Waals surface area contributed by atoms with Gasteiger partial charge in [0.05, 0.1) is 22.2 Å². The number of nitriles is 1. The Hall–Kier alpha value is -4.12. The number of rotatable bonds is 8. The standard InChI is InChI=1S/C24H20FN5O2/c25-19-4-3-17(11-26)21(9-19)30-20-5-1-16(2-6-20)12-29-23(32)24(7-8-24)10-22(31)18-13-27-15-28-14-18/h1-6,9,13-15,30H,7-8,10,12H2,(H,29,32). The minimum atomic E-state index is -0.653. The van der Waals surface area contributed by atoms with Crippen LogP contribution in [0.25, 0.3) is 0 Å². The predicted octanol–water partition coefficient (Wildman–Crippen LogP) is 3.90. The number of anilines is 2. The van der Waals surface area contributed by atoms with Crippen LogP contribution in [0.3, 0.4) is 0 Å². The summed E-state index contributed by atoms with van der Waals surface area (Å²) in [6.45, 7) is 0.326. The van der Waals surface area contributed by atoms with Crippen molar-refractivity contribution in [2.45, 2.75) is 25.8 Å². The topological polar surface area (TPSA) is 108 Å². The summed E-state index contributed by atoms with van der Waals surface area (Å²) < 4.78 is 13.5. The number of Topliss-reactive ketones (excluding diaryl/α,β-unsaturated/α-hetero) is 1. The second kappa shape index (κ2) is 8.94. The van der Waals surface area contributed by atoms with Gasteiger partial charge in [0, 0.05) is 31.0 Å². The second-order valence-electron chi connectivity index (χ2n) is 7.81. The van der Waals surface area contributed by atoms with Gasteiger partial charge in [-0.1, -0.05) is 12.1 Å². The molecule has 1 amide bonds. The van der Waals surface area contributed by atoms with E-state index in [1.165, 1.54) is 36.9 Å². The van der Waals surface area contributed by atoms with Crippen LogP contribution in [0.2, 0.25) is 0 Å². The summed E-state index contributed by atoms with van der Waals surface area (Å²) in [6, 6.07) is 13.2. The van der Waals surface area contributed by atoms with Crippen molar-refractivity contribution in [1.29, 1.82) is 5.26 Å². The van der Waals surface area contributed by atoms with Gasteiger partial charge < -0.3 is 10.6 Å². The van der Waals surface area contributed by atoms with E-state index in [-0.39, 0.29) is 18.1 Å². The molecule has 1 aliphatic carbocycles. The molecule has 2 aromatic carbocycles. The molecule has 4 rings (SSSR count). The van der Waals surface area contributed by atoms with Crippen LogP contribution in [-0.4, -0.2) is 21.7 Å². The summed E-state index contributed by atoms with van der Waals surface area (Å²) in [7, 11) is 0. The van der Waals surface area contributed by atoms with Crippen LogP contribution >= 0.6 is 0 Å². The lowest BCUT2D eigenvalue weighted by Crippen LogP contribution is -2.33. The summed E-state index contributed by atoms with van der Waals surface area (Å²) >= 11 is 0. The zero-order chi connectivity index (χ0) is 22.6. The van der Waals surface area contributed by atoms with Gasteiger partial charge in [0.1, 0.15) is 18.2 Å². The van der Waals surface area contributed by atoms with Gasteiger partial charge in [-0.25, -0.2) is 14.4 Å². The van der Waals surface area contributed by atoms with Crippen LogP contribution < -0.4 is 10.6 Å². The smallest absolute Gasteiger partial charge is 0.226 e. The van der Waals surface area contributed by atoms with Crippen LogP contribution in [0.15, 0.2) is 61.2 Å². The summed E-state index contributed by atoms with van der Waals surface area (Å²) in [5.74, 6) is -0.704. The molecule has 2 N–H and O–H groups in total. The van der Waals surface area contributed by atoms with Gasteiger partial charge in [-0.05, 0) is 48.7 Å². The van der Waals surface area contributed by atoms with Gasteiger partial charge in [0.2, 0.25) is 5.91 Å². The fourth-order valence-corrected chi connectivity index (χ4v) is 3.44. The van der Waals surface area contributed by atoms with Gasteiger partial charge in [0.25, 0.3) is 0 Å². The number of carbonyl (C=O) groups excluding carboxylic acids is 2. The van der Waals surface area contributed by atoms with Gasteiger partial charge in [-0.3, -0.25) is 9.59 Å². The molecule has 0 aliphatic heterocycles. The number of benzene rings is 2. The van der Waals surface area contributed by atoms with E-state index < -0.39 is 11.2 Å². The SMILES string of the molecule is N#Cc1ccc(F)cc1Nc1ccc(CNC(=O)C2(CC(=O)c3cncnc3)CC2)cc1. The number of aromatic nitrogens is 2. The maximum absolute atomic E-state index is 13.5. The zero-order valence-electron chi connectivity index (χ0n) is 17.1. The third-order valence-electron chi connectivity index (χ3n) is 5.50. The molecule has 0 unspecified atom stereocenters. The molecule has 8 heteroatoms. The monoisotopic (exact) mass is 429 g/mol. The molecule has 3 aromatic rings. The summed E-state index contributed by atoms with van der Waals surface area (Å²) in [5.41, 5.74) is 2.05. The highest BCUT2D eigenvalue weighted by Gasteiger charge is 2.50. The highest BCUT2D eigenvalue weighted by atomic mass is 19.1. The highest BCUT2D eigenvalue weighted by molar-refractivity contribution is 6.00. The first-order valence-corrected chi connectivity index (χ1v) is 10.1. The van der Waals surface area contributed by atoms with Crippen LogP contribution in [0.1, 0.15) is 40.7 Å². The second-order valence-corrected chi connectivity index (χ2v) is 7.81. The first-order valence-electron chi connectivity index (χ1n) is 10.1. The van der Waals surface area contributed by atoms with E-state index in [1.54, 1.807) is 12.1 Å². The van der Waals surface area contributed by atoms with Crippen molar-refractivity contribution in [1.82, 2.24) is 15.3 Å². The average Bonchev–Trinajstić information content (AvgIpc) is 3.60. The molecule has 0 atom stereocenters. The first-order chi connectivity index (χ1) is 15.5. The van der Waals surface area contributed by atoms with Crippen molar-refractivity contribution < 1.29 is 14.0 Å². The van der Waals surface area contributed by atoms with Crippen LogP contribution in [0, 0.1) is 22.6 Å². The third kappa shape index (κ3) is 4.78. The highest BCUT2D eigenvalue weighted by Crippen LogP contribution is 2.49. The van der Waals surface area contributed by atoms with Gasteiger partial charge >= 0.3 is 0 Å². The van der Waals surface area contributed by atoms with Crippen molar-refractivity contribution in [2.24, 2.45) is 5.41 Å². The number of amides is 1. The number of nitrogens with one attached hydrogen (secondary N) is 2. The first kappa shape index (κ1) is 21.1. The van der Waals surface area contributed by atoms with Gasteiger partial charge in [-0.15, -0.1) is 0 Å². The zero-order valence-corrected chi connectivity index (χ0v) is 17.1. The molecule has 1 heterocycles. The number of nitrogens with zero attached hydrogens (tertiary/aromatic N) is 3. The third-order valence-corrected chi connectivity index (χ3v) is 5.50. The molecule has 0 spiro atoms. The molecule has 160 valence electrons. The van der Waals surface area contributed by atoms with E-state index in [1.807, 2.05) is 18.2 Å². The summed E-state index contributed by atoms with van der Waals surface area (Å²) in [4.78, 5) is 32.8. The molecule has 1 fully saturated rings. The van der Waals surface area contributed by atoms with Crippen LogP contribution in [0.5, 0.6) is 0 Å². The van der Waals surface area contributed by atoms with Crippen molar-refractivity contribution in [3.63, 3.8) is 0 Å². The van der Waals surface area contributed by atoms with Gasteiger partial charge in [-0.2, -0.15) is 5.26 Å². The van der Waals surface area contributed by atoms with Crippen LogP contribution in [-0.2, 0) is 11.3 Å². The van der Waals surface area contributed by atoms with Crippen molar-refractivity contribution in [2.75, 3.05) is 5.32 Å². The quantitative estimate of drug-likeness (QED) is 0.526. The number of carbonyl (C=O) groups is 2. The number of hydrogen-bond acceptors (Lipinski definition) is 6. The molecule has 0 bridgehead atoms. The Balaban J connectivity index is 1.33. The molecular weight excluding hydrogens is 409 g/mol. The lowest BCUT2D eigenvalue weighted by atomic mass is 9.95. The van der Waals surface area contributed by atoms with E-state index in [2.05, 4.69) is 20.6 Å². The molecule has 0 saturated heterocycles. The van der Waals surface area contributed by atoms with E-state index >= 15 is 0 Å². The Bertz CT molecular complexity index is 1190. The molecular formula is C24H20FN5O2. The van der Waals surface area contributed by atoms with E-state index in [4.69, 9.17) is 5.26 Å². The predicted molar refractivity (Wildman–Crippen MR) is 115 cm³/mol. The molecule has 1 saturated carbocycles. The molecule has 1 aromatic heterocycles. The van der Waals surface area contributed by atoms with E-state index in [9.17, 15) is 14.0 Å². The van der Waals surface area contributed by atoms with E-state index in [0.29, 0.717) is 41.9 Å². The Morgan fingerprint density at radius 2 is 1.81 bits per heavy atom. The molecule has 0 radical (unpaired) electrons. The Morgan fingerprint density at radius 1 is 1.09 bits per heavy atom. The number of ketones is 1. The number of hydrogen-bond donors (Lipinski definition) is 2. The Labute approximate surface area is 184 Å². The van der Waals surface area contributed by atoms with Crippen LogP contribution in [0.4, 0.5) is 15.8 Å². The van der Waals surface area contributed by atoms with Crippen molar-refractivity contribution in [3.05, 3.63) is 83.7 Å². The normalized spacial score (nSPS) is 13.6. The molecule has 7 nitrogen and oxygen atoms in total. The lowest BCUT2D eigenvalue weighted by Gasteiger charge is -2.15. The number of halogens is 1. The Morgan fingerprint density at radius 3 is 2.47 bits per heavy atom. The van der Waals surface area contributed by atoms with Gasteiger partial charge in [0.15, 0.2) is 5.78 Å². The Kier molecular flexibility index (Phi) is 5.90. The fourth-order valence-electron chi connectivity index (χ4n) is 3.44. The maximum Gasteiger partial charge on any atom is 0.226 e. The summed E-state index contributed by atoms with van der Waals surface area (Å²) in [5, 5.41) is 15.1.